The number of ketones is 2. The molecule has 0 unspecified atom stereocenters. The second-order valence-electron chi connectivity index (χ2n) is 9.03. The van der Waals surface area contributed by atoms with Crippen LogP contribution in [0.5, 0.6) is 0 Å². The maximum atomic E-state index is 14.0. The summed E-state index contributed by atoms with van der Waals surface area (Å²) in [5.74, 6) is -5.34. The summed E-state index contributed by atoms with van der Waals surface area (Å²) < 4.78 is 19.9. The van der Waals surface area contributed by atoms with Gasteiger partial charge in [-0.1, -0.05) is 61.5 Å². The standard InChI is InChI=1S/C28H20FNO5/c1-2-15-7-3-6-10-20(15)30-26(33)21-22(27(30)34)28(35-23(21)16-11-13-17(29)14-12-16)24(31)18-8-4-5-9-19(18)25(28)32/h3-14,21-23H,2H2,1H3/t21-,22-,23-/m1/s1. The molecule has 3 atom stereocenters. The van der Waals surface area contributed by atoms with Gasteiger partial charge in [0.15, 0.2) is 0 Å². The van der Waals surface area contributed by atoms with E-state index in [2.05, 4.69) is 0 Å². The van der Waals surface area contributed by atoms with Crippen LogP contribution in [-0.2, 0) is 20.7 Å². The fourth-order valence-electron chi connectivity index (χ4n) is 5.74. The van der Waals surface area contributed by atoms with Gasteiger partial charge in [-0.25, -0.2) is 9.29 Å². The maximum absolute atomic E-state index is 14.0. The van der Waals surface area contributed by atoms with Crippen molar-refractivity contribution in [1.82, 2.24) is 0 Å². The minimum Gasteiger partial charge on any atom is -0.349 e. The Morgan fingerprint density at radius 3 is 2.06 bits per heavy atom. The molecule has 0 N–H and O–H groups in total. The SMILES string of the molecule is CCc1ccccc1N1C(=O)[C@H]2[C@@H](c3ccc(F)cc3)OC3(C(=O)c4ccccc4C3=O)[C@H]2C1=O. The fourth-order valence-corrected chi connectivity index (χ4v) is 5.74. The topological polar surface area (TPSA) is 80.8 Å². The first-order valence-corrected chi connectivity index (χ1v) is 11.5. The lowest BCUT2D eigenvalue weighted by atomic mass is 9.77. The molecule has 0 radical (unpaired) electrons. The van der Waals surface area contributed by atoms with Gasteiger partial charge in [0, 0.05) is 11.1 Å². The fraction of sp³-hybridized carbons (Fsp3) is 0.214. The number of benzene rings is 3. The van der Waals surface area contributed by atoms with Crippen LogP contribution in [0.4, 0.5) is 10.1 Å². The summed E-state index contributed by atoms with van der Waals surface area (Å²) in [6.45, 7) is 1.91. The molecule has 2 aliphatic heterocycles. The summed E-state index contributed by atoms with van der Waals surface area (Å²) in [6, 6.07) is 18.7. The lowest BCUT2D eigenvalue weighted by molar-refractivity contribution is -0.127. The highest BCUT2D eigenvalue weighted by Gasteiger charge is 2.74. The van der Waals surface area contributed by atoms with E-state index in [9.17, 15) is 23.6 Å². The highest BCUT2D eigenvalue weighted by atomic mass is 19.1. The van der Waals surface area contributed by atoms with E-state index in [-0.39, 0.29) is 11.1 Å². The number of carbonyl (C=O) groups is 4. The minimum absolute atomic E-state index is 0.170. The molecule has 174 valence electrons. The third-order valence-corrected chi connectivity index (χ3v) is 7.33. The Morgan fingerprint density at radius 1 is 0.829 bits per heavy atom. The molecule has 3 aliphatic rings. The summed E-state index contributed by atoms with van der Waals surface area (Å²) in [5.41, 5.74) is -0.164. The van der Waals surface area contributed by atoms with Crippen molar-refractivity contribution < 1.29 is 28.3 Å². The number of hydrogen-bond acceptors (Lipinski definition) is 5. The average Bonchev–Trinajstić information content (AvgIpc) is 3.44. The van der Waals surface area contributed by atoms with E-state index in [4.69, 9.17) is 4.74 Å². The largest absolute Gasteiger partial charge is 0.349 e. The number of imide groups is 1. The number of aryl methyl sites for hydroxylation is 1. The third kappa shape index (κ3) is 2.73. The zero-order chi connectivity index (χ0) is 24.5. The van der Waals surface area contributed by atoms with E-state index in [1.807, 2.05) is 19.1 Å². The van der Waals surface area contributed by atoms with Crippen LogP contribution < -0.4 is 4.90 Å². The van der Waals surface area contributed by atoms with E-state index in [0.29, 0.717) is 17.7 Å². The molecule has 2 saturated heterocycles. The van der Waals surface area contributed by atoms with Gasteiger partial charge in [-0.05, 0) is 35.7 Å². The number of nitrogens with zero attached hydrogens (tertiary/aromatic N) is 1. The van der Waals surface area contributed by atoms with Crippen molar-refractivity contribution in [2.45, 2.75) is 25.0 Å². The van der Waals surface area contributed by atoms with E-state index in [1.54, 1.807) is 24.3 Å². The van der Waals surface area contributed by atoms with Crippen molar-refractivity contribution in [3.8, 4) is 0 Å². The summed E-state index contributed by atoms with van der Waals surface area (Å²) in [7, 11) is 0. The average molecular weight is 469 g/mol. The van der Waals surface area contributed by atoms with Gasteiger partial charge in [-0.3, -0.25) is 19.2 Å². The number of carbonyl (C=O) groups excluding carboxylic acids is 4. The zero-order valence-corrected chi connectivity index (χ0v) is 18.7. The van der Waals surface area contributed by atoms with Crippen molar-refractivity contribution in [1.29, 1.82) is 0 Å². The van der Waals surface area contributed by atoms with Gasteiger partial charge in [0.05, 0.1) is 23.6 Å². The highest BCUT2D eigenvalue weighted by molar-refractivity contribution is 6.37. The number of anilines is 1. The Labute approximate surface area is 200 Å². The maximum Gasteiger partial charge on any atom is 0.241 e. The smallest absolute Gasteiger partial charge is 0.241 e. The van der Waals surface area contributed by atoms with Crippen LogP contribution >= 0.6 is 0 Å². The van der Waals surface area contributed by atoms with E-state index >= 15 is 0 Å². The van der Waals surface area contributed by atoms with Gasteiger partial charge >= 0.3 is 0 Å². The first-order chi connectivity index (χ1) is 16.9. The number of amides is 2. The molecule has 3 aromatic rings. The summed E-state index contributed by atoms with van der Waals surface area (Å²) in [6.07, 6.45) is -0.493. The number of para-hydroxylation sites is 1. The second-order valence-corrected chi connectivity index (χ2v) is 9.03. The van der Waals surface area contributed by atoms with Crippen LogP contribution in [0.1, 0.15) is 44.9 Å². The van der Waals surface area contributed by atoms with Gasteiger partial charge in [0.2, 0.25) is 29.0 Å². The molecule has 1 aliphatic carbocycles. The molecular weight excluding hydrogens is 449 g/mol. The number of hydrogen-bond donors (Lipinski definition) is 0. The molecule has 2 fully saturated rings. The molecule has 6 nitrogen and oxygen atoms in total. The molecule has 35 heavy (non-hydrogen) atoms. The molecule has 6 rings (SSSR count). The van der Waals surface area contributed by atoms with Crippen LogP contribution in [0.2, 0.25) is 0 Å². The van der Waals surface area contributed by atoms with E-state index < -0.39 is 52.7 Å². The Kier molecular flexibility index (Phi) is 4.63. The quantitative estimate of drug-likeness (QED) is 0.427. The molecule has 2 amide bonds. The molecule has 7 heteroatoms. The van der Waals surface area contributed by atoms with Crippen LogP contribution in [0.3, 0.4) is 0 Å². The molecule has 0 bridgehead atoms. The van der Waals surface area contributed by atoms with Crippen LogP contribution in [0.25, 0.3) is 0 Å². The van der Waals surface area contributed by atoms with Crippen LogP contribution in [-0.4, -0.2) is 29.0 Å². The van der Waals surface area contributed by atoms with Crippen molar-refractivity contribution >= 4 is 29.1 Å². The van der Waals surface area contributed by atoms with Gasteiger partial charge in [-0.2, -0.15) is 0 Å². The highest BCUT2D eigenvalue weighted by Crippen LogP contribution is 2.57. The summed E-state index contributed by atoms with van der Waals surface area (Å²) >= 11 is 0. The number of Topliss-reactive ketones (excluding diaryl/α,β-unsaturated/α-hetero) is 2. The predicted molar refractivity (Wildman–Crippen MR) is 123 cm³/mol. The summed E-state index contributed by atoms with van der Waals surface area (Å²) in [5, 5.41) is 0. The van der Waals surface area contributed by atoms with Gasteiger partial charge in [0.25, 0.3) is 0 Å². The molecule has 3 aromatic carbocycles. The lowest BCUT2D eigenvalue weighted by Gasteiger charge is -2.28. The van der Waals surface area contributed by atoms with Crippen molar-refractivity contribution in [2.75, 3.05) is 4.90 Å². The van der Waals surface area contributed by atoms with E-state index in [1.165, 1.54) is 36.4 Å². The van der Waals surface area contributed by atoms with Gasteiger partial charge < -0.3 is 4.74 Å². The van der Waals surface area contributed by atoms with Crippen molar-refractivity contribution in [3.05, 3.63) is 101 Å². The molecule has 0 saturated carbocycles. The Hall–Kier alpha value is -3.97. The van der Waals surface area contributed by atoms with Gasteiger partial charge in [0.1, 0.15) is 5.82 Å². The van der Waals surface area contributed by atoms with Crippen molar-refractivity contribution in [3.63, 3.8) is 0 Å². The number of halogens is 1. The third-order valence-electron chi connectivity index (χ3n) is 7.33. The van der Waals surface area contributed by atoms with Crippen LogP contribution in [0.15, 0.2) is 72.8 Å². The van der Waals surface area contributed by atoms with Crippen LogP contribution in [0, 0.1) is 17.7 Å². The number of rotatable bonds is 3. The zero-order valence-electron chi connectivity index (χ0n) is 18.7. The van der Waals surface area contributed by atoms with Gasteiger partial charge in [-0.15, -0.1) is 0 Å². The lowest BCUT2D eigenvalue weighted by Crippen LogP contribution is -2.51. The number of fused-ring (bicyclic) bond motifs is 3. The normalized spacial score (nSPS) is 24.4. The minimum atomic E-state index is -2.14. The van der Waals surface area contributed by atoms with Crippen molar-refractivity contribution in [2.24, 2.45) is 11.8 Å². The number of ether oxygens (including phenoxy) is 1. The first-order valence-electron chi connectivity index (χ1n) is 11.5. The molecular formula is C28H20FNO5. The van der Waals surface area contributed by atoms with E-state index in [0.717, 1.165) is 10.5 Å². The molecule has 0 aromatic heterocycles. The molecule has 2 heterocycles. The predicted octanol–water partition coefficient (Wildman–Crippen LogP) is 4.08. The Morgan fingerprint density at radius 2 is 1.43 bits per heavy atom. The monoisotopic (exact) mass is 469 g/mol. The first kappa shape index (κ1) is 21.6. The summed E-state index contributed by atoms with van der Waals surface area (Å²) in [4.78, 5) is 56.4. The molecule has 1 spiro atoms. The Bertz CT molecular complexity index is 1390. The second kappa shape index (κ2) is 7.52. The Balaban J connectivity index is 1.55.